The topological polar surface area (TPSA) is 72.0 Å². The maximum atomic E-state index is 13.8. The van der Waals surface area contributed by atoms with E-state index >= 15 is 0 Å². The zero-order valence-corrected chi connectivity index (χ0v) is 12.6. The normalized spacial score (nSPS) is 14.0. The molecule has 1 aromatic heterocycles. The van der Waals surface area contributed by atoms with Crippen LogP contribution in [0.25, 0.3) is 0 Å². The molecule has 1 aromatic carbocycles. The van der Waals surface area contributed by atoms with E-state index in [2.05, 4.69) is 15.3 Å². The van der Waals surface area contributed by atoms with Gasteiger partial charge in [-0.05, 0) is 18.4 Å². The summed E-state index contributed by atoms with van der Waals surface area (Å²) in [6.45, 7) is 0. The largest absolute Gasteiger partial charge is 0.349 e. The fraction of sp³-hybridized carbons (Fsp3) is 0.0667. The van der Waals surface area contributed by atoms with E-state index < -0.39 is 23.2 Å². The molecular formula is C15H9F2N3O2S. The lowest BCUT2D eigenvalue weighted by Crippen LogP contribution is -2.26. The molecule has 0 spiro atoms. The monoisotopic (exact) mass is 333 g/mol. The zero-order valence-electron chi connectivity index (χ0n) is 11.8. The number of anilines is 1. The second kappa shape index (κ2) is 5.88. The summed E-state index contributed by atoms with van der Waals surface area (Å²) in [5, 5.41) is 2.53. The number of nitrogens with zero attached hydrogens (tertiary/aromatic N) is 2. The number of halogens is 2. The quantitative estimate of drug-likeness (QED) is 0.931. The fourth-order valence-corrected chi connectivity index (χ4v) is 2.81. The molecule has 8 heteroatoms. The molecule has 5 nitrogen and oxygen atoms in total. The van der Waals surface area contributed by atoms with Gasteiger partial charge in [0.25, 0.3) is 0 Å². The van der Waals surface area contributed by atoms with Crippen LogP contribution in [0.15, 0.2) is 41.3 Å². The number of nitrogens with one attached hydrogen (secondary N) is 1. The molecule has 1 aliphatic carbocycles. The van der Waals surface area contributed by atoms with Crippen molar-refractivity contribution < 1.29 is 18.4 Å². The maximum Gasteiger partial charge on any atom is 0.220 e. The molecule has 116 valence electrons. The minimum Gasteiger partial charge on any atom is -0.349 e. The summed E-state index contributed by atoms with van der Waals surface area (Å²) < 4.78 is 27.1. The number of rotatable bonds is 3. The van der Waals surface area contributed by atoms with E-state index in [9.17, 15) is 18.4 Å². The SMILES string of the molecule is CSC1=C(Nc2cccc(F)c2F)C(=O)c2cncnc2C1=O. The van der Waals surface area contributed by atoms with E-state index in [1.165, 1.54) is 24.7 Å². The first-order chi connectivity index (χ1) is 11.0. The van der Waals surface area contributed by atoms with E-state index in [1.54, 1.807) is 6.26 Å². The Morgan fingerprint density at radius 2 is 1.96 bits per heavy atom. The van der Waals surface area contributed by atoms with Crippen molar-refractivity contribution >= 4 is 29.0 Å². The Balaban J connectivity index is 2.11. The van der Waals surface area contributed by atoms with Gasteiger partial charge < -0.3 is 5.32 Å². The number of aromatic nitrogens is 2. The Bertz CT molecular complexity index is 868. The summed E-state index contributed by atoms with van der Waals surface area (Å²) in [7, 11) is 0. The highest BCUT2D eigenvalue weighted by molar-refractivity contribution is 8.03. The Morgan fingerprint density at radius 3 is 2.70 bits per heavy atom. The number of carbonyl (C=O) groups is 2. The Kier molecular flexibility index (Phi) is 3.91. The van der Waals surface area contributed by atoms with Gasteiger partial charge in [0.15, 0.2) is 11.6 Å². The molecule has 3 rings (SSSR count). The first-order valence-electron chi connectivity index (χ1n) is 6.43. The molecule has 0 atom stereocenters. The molecule has 0 saturated heterocycles. The smallest absolute Gasteiger partial charge is 0.220 e. The molecule has 23 heavy (non-hydrogen) atoms. The number of fused-ring (bicyclic) bond motifs is 1. The molecule has 2 aromatic rings. The summed E-state index contributed by atoms with van der Waals surface area (Å²) in [6.07, 6.45) is 4.01. The van der Waals surface area contributed by atoms with Crippen LogP contribution >= 0.6 is 11.8 Å². The van der Waals surface area contributed by atoms with Crippen LogP contribution in [0.1, 0.15) is 20.8 Å². The molecule has 0 fully saturated rings. The van der Waals surface area contributed by atoms with E-state index in [0.717, 1.165) is 17.8 Å². The van der Waals surface area contributed by atoms with Gasteiger partial charge >= 0.3 is 0 Å². The number of allylic oxidation sites excluding steroid dienone is 2. The second-order valence-corrected chi connectivity index (χ2v) is 5.39. The number of benzene rings is 1. The van der Waals surface area contributed by atoms with Crippen molar-refractivity contribution in [3.8, 4) is 0 Å². The van der Waals surface area contributed by atoms with Gasteiger partial charge in [-0.1, -0.05) is 6.07 Å². The molecular weight excluding hydrogens is 324 g/mol. The Labute approximate surface area is 133 Å². The highest BCUT2D eigenvalue weighted by atomic mass is 32.2. The lowest BCUT2D eigenvalue weighted by molar-refractivity contribution is 0.0978. The molecule has 0 unspecified atom stereocenters. The summed E-state index contributed by atoms with van der Waals surface area (Å²) in [4.78, 5) is 32.6. The van der Waals surface area contributed by atoms with Gasteiger partial charge in [-0.25, -0.2) is 18.7 Å². The van der Waals surface area contributed by atoms with E-state index in [1.807, 2.05) is 0 Å². The van der Waals surface area contributed by atoms with Crippen LogP contribution < -0.4 is 5.32 Å². The van der Waals surface area contributed by atoms with Gasteiger partial charge in [0.1, 0.15) is 17.7 Å². The van der Waals surface area contributed by atoms with Gasteiger partial charge in [-0.3, -0.25) is 9.59 Å². The first-order valence-corrected chi connectivity index (χ1v) is 7.65. The van der Waals surface area contributed by atoms with E-state index in [-0.39, 0.29) is 27.5 Å². The maximum absolute atomic E-state index is 13.8. The van der Waals surface area contributed by atoms with Crippen molar-refractivity contribution in [1.82, 2.24) is 9.97 Å². The summed E-state index contributed by atoms with van der Waals surface area (Å²) in [5.41, 5.74) is -0.323. The van der Waals surface area contributed by atoms with Crippen LogP contribution in [0.4, 0.5) is 14.5 Å². The number of hydrogen-bond donors (Lipinski definition) is 1. The summed E-state index contributed by atoms with van der Waals surface area (Å²) in [6, 6.07) is 3.53. The third kappa shape index (κ3) is 2.50. The van der Waals surface area contributed by atoms with Gasteiger partial charge in [-0.15, -0.1) is 11.8 Å². The van der Waals surface area contributed by atoms with Crippen LogP contribution in [0, 0.1) is 11.6 Å². The number of Topliss-reactive ketones (excluding diaryl/α,β-unsaturated/α-hetero) is 2. The van der Waals surface area contributed by atoms with E-state index in [0.29, 0.717) is 0 Å². The zero-order chi connectivity index (χ0) is 16.6. The molecule has 1 aliphatic rings. The molecule has 1 N–H and O–H groups in total. The predicted octanol–water partition coefficient (Wildman–Crippen LogP) is 2.82. The Morgan fingerprint density at radius 1 is 1.17 bits per heavy atom. The van der Waals surface area contributed by atoms with Gasteiger partial charge in [0.2, 0.25) is 11.6 Å². The third-order valence-corrected chi connectivity index (χ3v) is 4.05. The van der Waals surface area contributed by atoms with Crippen molar-refractivity contribution in [1.29, 1.82) is 0 Å². The van der Waals surface area contributed by atoms with Gasteiger partial charge in [-0.2, -0.15) is 0 Å². The lowest BCUT2D eigenvalue weighted by Gasteiger charge is -2.20. The van der Waals surface area contributed by atoms with Crippen molar-refractivity contribution in [3.63, 3.8) is 0 Å². The van der Waals surface area contributed by atoms with Crippen LogP contribution in [0.5, 0.6) is 0 Å². The Hall–Kier alpha value is -2.61. The van der Waals surface area contributed by atoms with Crippen LogP contribution in [0.3, 0.4) is 0 Å². The highest BCUT2D eigenvalue weighted by Crippen LogP contribution is 2.31. The minimum absolute atomic E-state index is 0.000357. The van der Waals surface area contributed by atoms with E-state index in [4.69, 9.17) is 0 Å². The number of ketones is 2. The first kappa shape index (κ1) is 15.3. The number of thioether (sulfide) groups is 1. The minimum atomic E-state index is -1.13. The summed E-state index contributed by atoms with van der Waals surface area (Å²) >= 11 is 1.03. The molecule has 0 bridgehead atoms. The van der Waals surface area contributed by atoms with Crippen molar-refractivity contribution in [2.75, 3.05) is 11.6 Å². The standard InChI is InChI=1S/C15H9F2N3O2S/c1-23-15-12(20-9-4-2-3-8(16)10(9)17)13(21)7-5-18-6-19-11(7)14(15)22/h2-6,20H,1H3. The lowest BCUT2D eigenvalue weighted by atomic mass is 9.98. The van der Waals surface area contributed by atoms with Crippen molar-refractivity contribution in [3.05, 3.63) is 64.2 Å². The predicted molar refractivity (Wildman–Crippen MR) is 81.2 cm³/mol. The molecule has 0 aliphatic heterocycles. The average molecular weight is 333 g/mol. The fourth-order valence-electron chi connectivity index (χ4n) is 2.18. The molecule has 0 amide bonds. The highest BCUT2D eigenvalue weighted by Gasteiger charge is 2.34. The third-order valence-electron chi connectivity index (χ3n) is 3.25. The van der Waals surface area contributed by atoms with Gasteiger partial charge in [0.05, 0.1) is 16.2 Å². The van der Waals surface area contributed by atoms with Gasteiger partial charge in [0, 0.05) is 6.20 Å². The average Bonchev–Trinajstić information content (AvgIpc) is 2.56. The van der Waals surface area contributed by atoms with Crippen molar-refractivity contribution in [2.24, 2.45) is 0 Å². The van der Waals surface area contributed by atoms with Crippen molar-refractivity contribution in [2.45, 2.75) is 0 Å². The molecule has 0 saturated carbocycles. The summed E-state index contributed by atoms with van der Waals surface area (Å²) in [5.74, 6) is -3.20. The number of hydrogen-bond acceptors (Lipinski definition) is 6. The number of carbonyl (C=O) groups excluding carboxylic acids is 2. The molecule has 0 radical (unpaired) electrons. The van der Waals surface area contributed by atoms with Crippen LogP contribution in [-0.2, 0) is 0 Å². The molecule has 1 heterocycles. The van der Waals surface area contributed by atoms with Crippen LogP contribution in [0.2, 0.25) is 0 Å². The van der Waals surface area contributed by atoms with Crippen LogP contribution in [-0.4, -0.2) is 27.8 Å². The second-order valence-electron chi connectivity index (χ2n) is 4.58.